The first-order valence-corrected chi connectivity index (χ1v) is 26.4. The van der Waals surface area contributed by atoms with Crippen LogP contribution in [-0.4, -0.2) is 170 Å². The number of amides is 6. The van der Waals surface area contributed by atoms with E-state index in [2.05, 4.69) is 64.7 Å². The summed E-state index contributed by atoms with van der Waals surface area (Å²) in [6.07, 6.45) is 10.2. The fraction of sp³-hybridized carbons (Fsp3) is 0.464. The molecule has 425 valence electrons. The molecular formula is C56H77N11O11Y. The molecule has 6 N–H and O–H groups in total. The van der Waals surface area contributed by atoms with Crippen molar-refractivity contribution in [1.29, 1.82) is 0 Å². The first-order valence-electron chi connectivity index (χ1n) is 26.4. The molecule has 6 bridgehead atoms. The largest absolute Gasteiger partial charge is 0.492 e. The Hall–Kier alpha value is -6.40. The fourth-order valence-electron chi connectivity index (χ4n) is 8.32. The van der Waals surface area contributed by atoms with Gasteiger partial charge in [-0.2, -0.15) is 5.48 Å². The number of aromatic nitrogens is 2. The van der Waals surface area contributed by atoms with Crippen LogP contribution in [0.25, 0.3) is 11.3 Å². The number of anilines is 3. The summed E-state index contributed by atoms with van der Waals surface area (Å²) in [6.45, 7) is 10.9. The number of ether oxygens (including phenoxy) is 4. The maximum absolute atomic E-state index is 12.6. The normalized spacial score (nSPS) is 15.8. The minimum atomic E-state index is -1.26. The summed E-state index contributed by atoms with van der Waals surface area (Å²) in [6, 6.07) is 20.9. The van der Waals surface area contributed by atoms with E-state index < -0.39 is 48.2 Å². The first kappa shape index (κ1) is 65.1. The number of hydroxylamine groups is 1. The smallest absolute Gasteiger partial charge is 0.409 e. The van der Waals surface area contributed by atoms with Gasteiger partial charge in [-0.1, -0.05) is 62.8 Å². The maximum atomic E-state index is 12.6. The Kier molecular flexibility index (Phi) is 29.1. The molecule has 2 unspecified atom stereocenters. The number of fused-ring (bicyclic) bond motifs is 7. The molecule has 3 aliphatic heterocycles. The molecule has 4 heterocycles. The fourth-order valence-corrected chi connectivity index (χ4v) is 8.32. The monoisotopic (exact) mass is 1170 g/mol. The number of carbonyl (C=O) groups excluding carboxylic acids is 6. The van der Waals surface area contributed by atoms with Crippen LogP contribution in [0.15, 0.2) is 91.1 Å². The van der Waals surface area contributed by atoms with Crippen LogP contribution in [0.1, 0.15) is 69.1 Å². The van der Waals surface area contributed by atoms with Gasteiger partial charge in [-0.05, 0) is 92.4 Å². The van der Waals surface area contributed by atoms with Crippen LogP contribution in [0.5, 0.6) is 5.75 Å². The van der Waals surface area contributed by atoms with E-state index in [0.717, 1.165) is 40.4 Å². The minimum Gasteiger partial charge on any atom is -0.492 e. The molecule has 2 fully saturated rings. The number of rotatable bonds is 18. The number of nitrogens with one attached hydrogen (secondary N) is 3. The molecular weight excluding hydrogens is 1090 g/mol. The molecule has 23 heteroatoms. The van der Waals surface area contributed by atoms with Crippen LogP contribution >= 0.6 is 0 Å². The molecule has 6 amide bonds. The number of hydrogen-bond donors (Lipinski definition) is 5. The third-order valence-electron chi connectivity index (χ3n) is 12.6. The average molecular weight is 1170 g/mol. The maximum Gasteiger partial charge on any atom is 0.409 e. The van der Waals surface area contributed by atoms with Gasteiger partial charge in [-0.15, -0.1) is 0 Å². The van der Waals surface area contributed by atoms with E-state index in [1.165, 1.54) is 47.1 Å². The SMILES string of the molecule is CCC.CN(C=O)CCN(C)C(=O)OCc1ccc(NC(=O)CNC(=O)C2CCCN2C(=O)C(CC(N)=O)NO)cc1.CN1c2ccc(OCCN3CCCC3)c(c2)COC/C=C/COCc2cccc(c2)-c2ccnc1n2.[Y]. The molecule has 1 radical (unpaired) electrons. The van der Waals surface area contributed by atoms with Crippen molar-refractivity contribution in [2.75, 3.05) is 97.0 Å². The Balaban J connectivity index is 0.000000321. The first-order chi connectivity index (χ1) is 37.7. The van der Waals surface area contributed by atoms with Crippen molar-refractivity contribution < 1.29 is 85.6 Å². The second-order valence-electron chi connectivity index (χ2n) is 19.0. The zero-order valence-corrected chi connectivity index (χ0v) is 49.0. The van der Waals surface area contributed by atoms with Gasteiger partial charge in [0.05, 0.1) is 45.1 Å². The molecule has 0 spiro atoms. The van der Waals surface area contributed by atoms with E-state index in [9.17, 15) is 34.0 Å². The number of benzene rings is 3. The van der Waals surface area contributed by atoms with Gasteiger partial charge in [0.1, 0.15) is 31.0 Å². The quantitative estimate of drug-likeness (QED) is 0.0498. The number of nitrogens with zero attached hydrogens (tertiary/aromatic N) is 7. The van der Waals surface area contributed by atoms with Gasteiger partial charge in [0, 0.05) is 109 Å². The third-order valence-corrected chi connectivity index (χ3v) is 12.6. The van der Waals surface area contributed by atoms with Gasteiger partial charge in [-0.25, -0.2) is 14.8 Å². The van der Waals surface area contributed by atoms with Gasteiger partial charge < -0.3 is 60.1 Å². The summed E-state index contributed by atoms with van der Waals surface area (Å²) in [4.78, 5) is 89.2. The molecule has 0 saturated carbocycles. The molecule has 7 rings (SSSR count). The Morgan fingerprint density at radius 2 is 1.65 bits per heavy atom. The molecule has 3 aromatic carbocycles. The van der Waals surface area contributed by atoms with E-state index in [-0.39, 0.29) is 52.4 Å². The molecule has 22 nitrogen and oxygen atoms in total. The summed E-state index contributed by atoms with van der Waals surface area (Å²) in [7, 11) is 5.15. The zero-order valence-electron chi connectivity index (χ0n) is 46.1. The molecule has 79 heavy (non-hydrogen) atoms. The third kappa shape index (κ3) is 22.0. The van der Waals surface area contributed by atoms with Crippen LogP contribution in [-0.2, 0) is 90.7 Å². The summed E-state index contributed by atoms with van der Waals surface area (Å²) >= 11 is 0. The number of likely N-dealkylation sites (tertiary alicyclic amines) is 2. The topological polar surface area (TPSA) is 264 Å². The van der Waals surface area contributed by atoms with Gasteiger partial charge >= 0.3 is 6.09 Å². The molecule has 2 saturated heterocycles. The van der Waals surface area contributed by atoms with E-state index in [4.69, 9.17) is 29.7 Å². The van der Waals surface area contributed by atoms with Crippen LogP contribution in [0.2, 0.25) is 0 Å². The van der Waals surface area contributed by atoms with Crippen LogP contribution < -0.4 is 31.5 Å². The van der Waals surface area contributed by atoms with Crippen molar-refractivity contribution in [3.63, 3.8) is 0 Å². The minimum absolute atomic E-state index is 0. The Morgan fingerprint density at radius 1 is 0.924 bits per heavy atom. The number of nitrogens with two attached hydrogens (primary N) is 1. The van der Waals surface area contributed by atoms with Crippen LogP contribution in [0, 0.1) is 0 Å². The molecule has 0 aliphatic carbocycles. The van der Waals surface area contributed by atoms with Gasteiger partial charge in [0.2, 0.25) is 36.0 Å². The van der Waals surface area contributed by atoms with Gasteiger partial charge in [0.15, 0.2) is 0 Å². The predicted molar refractivity (Wildman–Crippen MR) is 294 cm³/mol. The Labute approximate surface area is 488 Å². The Bertz CT molecular complexity index is 2590. The number of primary amides is 1. The summed E-state index contributed by atoms with van der Waals surface area (Å²) in [5, 5.41) is 14.3. The number of likely N-dealkylation sites (N-methyl/N-ethyl adjacent to an activating group) is 2. The second-order valence-corrected chi connectivity index (χ2v) is 19.0. The van der Waals surface area contributed by atoms with Crippen molar-refractivity contribution in [3.8, 4) is 17.0 Å². The van der Waals surface area contributed by atoms with Crippen molar-refractivity contribution in [2.45, 2.75) is 84.3 Å². The number of carbonyl (C=O) groups is 6. The van der Waals surface area contributed by atoms with Gasteiger partial charge in [-0.3, -0.25) is 28.9 Å². The average Bonchev–Trinajstić information content (AvgIpc) is 4.18. The number of hydrogen-bond acceptors (Lipinski definition) is 16. The Morgan fingerprint density at radius 3 is 2.34 bits per heavy atom. The van der Waals surface area contributed by atoms with E-state index in [1.807, 2.05) is 42.3 Å². The summed E-state index contributed by atoms with van der Waals surface area (Å²) in [5.74, 6) is -0.965. The van der Waals surface area contributed by atoms with E-state index in [1.54, 1.807) is 50.0 Å². The zero-order chi connectivity index (χ0) is 56.2. The molecule has 2 atom stereocenters. The van der Waals surface area contributed by atoms with Crippen LogP contribution in [0.3, 0.4) is 0 Å². The standard InChI is InChI=1S/C29H34N4O3.C24H35N7O8.C3H8.Y/c1-32-26-9-10-28(36-18-15-33-13-2-3-14-33)25(20-26)22-35-17-5-4-16-34-21-23-7-6-8-24(19-23)27-11-12-30-29(32)31-27;1-29(15-32)10-11-30(2)24(37)39-14-16-5-7-17(8-6-16)27-21(34)13-26-22(35)19-4-3-9-31(19)23(36)18(28-38)12-20(25)33;1-3-2;/h4-12,19-20H,2-3,13-18,21-22H2,1H3;5-8,15,18-19,28,38H,3-4,9-14H2,1-2H3,(H2,25,33)(H,26,35)(H,27,34);3H2,1-2H3;/b5-4+;;;. The molecule has 4 aromatic rings. The van der Waals surface area contributed by atoms with E-state index in [0.29, 0.717) is 82.6 Å². The predicted octanol–water partition coefficient (Wildman–Crippen LogP) is 5.01. The summed E-state index contributed by atoms with van der Waals surface area (Å²) < 4.78 is 23.2. The van der Waals surface area contributed by atoms with Gasteiger partial charge in [0.25, 0.3) is 0 Å². The van der Waals surface area contributed by atoms with Crippen molar-refractivity contribution in [2.24, 2.45) is 5.73 Å². The van der Waals surface area contributed by atoms with Crippen molar-refractivity contribution in [1.82, 2.24) is 40.4 Å². The van der Waals surface area contributed by atoms with Crippen molar-refractivity contribution in [3.05, 3.63) is 108 Å². The summed E-state index contributed by atoms with van der Waals surface area (Å²) in [5.41, 5.74) is 13.0. The second kappa shape index (κ2) is 35.3. The van der Waals surface area contributed by atoms with Crippen LogP contribution in [0.4, 0.5) is 22.1 Å². The molecule has 3 aliphatic rings. The van der Waals surface area contributed by atoms with Crippen molar-refractivity contribution >= 4 is 53.5 Å². The molecule has 1 aromatic heterocycles. The van der Waals surface area contributed by atoms with E-state index >= 15 is 0 Å².